The fourth-order valence-corrected chi connectivity index (χ4v) is 11.2. The quantitative estimate of drug-likeness (QED) is 0.191. The molecule has 3 saturated carbocycles. The fourth-order valence-electron chi connectivity index (χ4n) is 10.8. The van der Waals surface area contributed by atoms with E-state index in [2.05, 4.69) is 15.9 Å². The van der Waals surface area contributed by atoms with Gasteiger partial charge in [-0.3, -0.25) is 19.2 Å². The maximum Gasteiger partial charge on any atom is 0.230 e. The Morgan fingerprint density at radius 1 is 1.09 bits per heavy atom. The molecule has 5 rings (SSSR count). The largest absolute Gasteiger partial charge is 0.507 e. The lowest BCUT2D eigenvalue weighted by Crippen LogP contribution is -2.82. The van der Waals surface area contributed by atoms with Crippen LogP contribution < -0.4 is 5.73 Å². The van der Waals surface area contributed by atoms with Gasteiger partial charge in [0.1, 0.15) is 23.6 Å². The lowest BCUT2D eigenvalue weighted by atomic mass is 9.33. The Balaban J connectivity index is 1.83. The van der Waals surface area contributed by atoms with Crippen molar-refractivity contribution in [3.63, 3.8) is 0 Å². The monoisotopic (exact) mass is 689 g/mol. The number of phenolic OH excluding ortho intramolecular Hbond substituents is 1. The smallest absolute Gasteiger partial charge is 0.230 e. The van der Waals surface area contributed by atoms with Crippen LogP contribution in [0.2, 0.25) is 0 Å². The lowest BCUT2D eigenvalue weighted by molar-refractivity contribution is -0.293. The van der Waals surface area contributed by atoms with Crippen LogP contribution in [0, 0.1) is 46.3 Å². The van der Waals surface area contributed by atoms with Gasteiger partial charge < -0.3 is 26.2 Å². The highest BCUT2D eigenvalue weighted by Crippen LogP contribution is 2.72. The van der Waals surface area contributed by atoms with Gasteiger partial charge in [0.15, 0.2) is 17.2 Å². The molecule has 3 fully saturated rings. The molecule has 4 aliphatic carbocycles. The molecule has 1 amide bonds. The van der Waals surface area contributed by atoms with E-state index in [1.165, 1.54) is 6.07 Å². The molecule has 0 heterocycles. The molecule has 0 aliphatic heterocycles. The van der Waals surface area contributed by atoms with Crippen molar-refractivity contribution in [1.29, 1.82) is 0 Å². The number of aromatic hydroxyl groups is 1. The third-order valence-corrected chi connectivity index (χ3v) is 13.1. The number of primary amides is 1. The van der Waals surface area contributed by atoms with Gasteiger partial charge in [0.25, 0.3) is 0 Å². The van der Waals surface area contributed by atoms with Crippen LogP contribution in [0.3, 0.4) is 0 Å². The number of ketones is 3. The van der Waals surface area contributed by atoms with Gasteiger partial charge in [-0.15, -0.1) is 0 Å². The molecule has 1 aromatic rings. The van der Waals surface area contributed by atoms with Crippen molar-refractivity contribution in [2.45, 2.75) is 103 Å². The summed E-state index contributed by atoms with van der Waals surface area (Å²) in [5.74, 6) is -8.63. The molecule has 10 atom stereocenters. The highest BCUT2D eigenvalue weighted by Gasteiger charge is 2.80. The maximum atomic E-state index is 14.6. The topological polar surface area (TPSA) is 175 Å². The number of phenols is 1. The second-order valence-corrected chi connectivity index (χ2v) is 15.8. The first-order valence-corrected chi connectivity index (χ1v) is 17.6. The third-order valence-electron chi connectivity index (χ3n) is 12.7. The zero-order valence-corrected chi connectivity index (χ0v) is 28.3. The molecule has 0 bridgehead atoms. The number of rotatable bonds is 9. The summed E-state index contributed by atoms with van der Waals surface area (Å²) in [4.78, 5) is 55.3. The second kappa shape index (κ2) is 12.1. The molecule has 0 aromatic heterocycles. The average molecular weight is 691 g/mol. The van der Waals surface area contributed by atoms with Crippen molar-refractivity contribution >= 4 is 39.2 Å². The average Bonchev–Trinajstić information content (AvgIpc) is 3.47. The number of benzene rings is 1. The fraction of sp³-hybridized carbons (Fsp3) is 0.714. The molecule has 0 spiro atoms. The third kappa shape index (κ3) is 4.79. The van der Waals surface area contributed by atoms with Gasteiger partial charge in [0.2, 0.25) is 5.91 Å². The number of fused-ring (bicyclic) bond motifs is 3. The Labute approximate surface area is 273 Å². The van der Waals surface area contributed by atoms with Crippen LogP contribution in [-0.2, 0) is 14.4 Å². The van der Waals surface area contributed by atoms with Gasteiger partial charge >= 0.3 is 0 Å². The van der Waals surface area contributed by atoms with Crippen LogP contribution in [-0.4, -0.2) is 66.8 Å². The number of Topliss-reactive ketones (excluding diaryl/α,β-unsaturated/α-hetero) is 3. The number of carbonyl (C=O) groups excluding carboxylic acids is 4. The van der Waals surface area contributed by atoms with Crippen molar-refractivity contribution in [2.24, 2.45) is 52.1 Å². The number of aliphatic hydroxyl groups excluding tert-OH is 2. The minimum atomic E-state index is -2.70. The molecule has 2 unspecified atom stereocenters. The zero-order chi connectivity index (χ0) is 33.2. The Hall–Kier alpha value is -2.14. The predicted octanol–water partition coefficient (Wildman–Crippen LogP) is 4.05. The molecule has 9 nitrogen and oxygen atoms in total. The summed E-state index contributed by atoms with van der Waals surface area (Å²) in [5.41, 5.74) is 0.831. The molecule has 4 aliphatic rings. The summed E-state index contributed by atoms with van der Waals surface area (Å²) < 4.78 is 0. The molecule has 1 aromatic carbocycles. The molecule has 45 heavy (non-hydrogen) atoms. The van der Waals surface area contributed by atoms with Crippen LogP contribution >= 0.6 is 15.9 Å². The molecule has 6 N–H and O–H groups in total. The SMILES string of the molecule is CC(C)[C@H]1C(O)[C@@H](C(N)=O)C(=O)[C@]2(O)C(O)[C@H]3C(=O)c4c(O)cccc4[C@@H](CCC4CCCC4)[C@]3(C)[C@@H](CC(=O)CCBr)[C@]12C. The van der Waals surface area contributed by atoms with Crippen molar-refractivity contribution in [3.8, 4) is 5.75 Å². The van der Waals surface area contributed by atoms with E-state index >= 15 is 0 Å². The number of aliphatic hydroxyl groups is 3. The summed E-state index contributed by atoms with van der Waals surface area (Å²) in [7, 11) is 0. The summed E-state index contributed by atoms with van der Waals surface area (Å²) in [5, 5.41) is 48.3. The standard InChI is InChI=1S/C35H48BrNO8/c1-17(2)26-29(41)25(32(37)44)30(42)35(45)31(43)27-28(40)24-20(10-7-11-22(24)39)21(13-12-18-8-5-6-9-18)33(27,3)23(34(26,35)4)16-19(38)14-15-36/h7,10-11,17-18,21,23,25-27,29,31,39,41,43,45H,5-6,8-9,12-16H2,1-4H3,(H2,37,44)/t21-,23-,25-,26+,27-,29?,31?,33-,34-,35+/m1/s1. The minimum Gasteiger partial charge on any atom is -0.507 e. The molecular formula is C35H48BrNO8. The molecule has 0 radical (unpaired) electrons. The van der Waals surface area contributed by atoms with Gasteiger partial charge in [-0.1, -0.05) is 81.4 Å². The van der Waals surface area contributed by atoms with Crippen molar-refractivity contribution in [2.75, 3.05) is 5.33 Å². The first-order valence-electron chi connectivity index (χ1n) is 16.5. The number of alkyl halides is 1. The van der Waals surface area contributed by atoms with E-state index in [0.29, 0.717) is 23.2 Å². The van der Waals surface area contributed by atoms with E-state index < -0.39 is 81.6 Å². The van der Waals surface area contributed by atoms with E-state index in [1.807, 2.05) is 26.8 Å². The van der Waals surface area contributed by atoms with Crippen molar-refractivity contribution in [1.82, 2.24) is 0 Å². The maximum absolute atomic E-state index is 14.6. The number of hydrogen-bond donors (Lipinski definition) is 5. The molecule has 0 saturated heterocycles. The van der Waals surface area contributed by atoms with Crippen molar-refractivity contribution < 1.29 is 39.6 Å². The summed E-state index contributed by atoms with van der Waals surface area (Å²) in [6.45, 7) is 7.14. The van der Waals surface area contributed by atoms with Crippen LogP contribution in [0.4, 0.5) is 0 Å². The molecule has 10 heteroatoms. The molecular weight excluding hydrogens is 642 g/mol. The Morgan fingerprint density at radius 3 is 2.31 bits per heavy atom. The number of halogens is 1. The minimum absolute atomic E-state index is 0.0586. The second-order valence-electron chi connectivity index (χ2n) is 15.0. The normalized spacial score (nSPS) is 39.8. The van der Waals surface area contributed by atoms with Crippen LogP contribution in [0.1, 0.15) is 101 Å². The van der Waals surface area contributed by atoms with E-state index in [9.17, 15) is 39.6 Å². The summed E-state index contributed by atoms with van der Waals surface area (Å²) >= 11 is 3.35. The Kier molecular flexibility index (Phi) is 9.23. The lowest BCUT2D eigenvalue weighted by Gasteiger charge is -2.71. The van der Waals surface area contributed by atoms with E-state index in [-0.39, 0.29) is 29.9 Å². The van der Waals surface area contributed by atoms with Gasteiger partial charge in [-0.05, 0) is 59.5 Å². The highest BCUT2D eigenvalue weighted by atomic mass is 79.9. The van der Waals surface area contributed by atoms with E-state index in [4.69, 9.17) is 5.73 Å². The van der Waals surface area contributed by atoms with Gasteiger partial charge in [-0.25, -0.2) is 0 Å². The van der Waals surface area contributed by atoms with Crippen LogP contribution in [0.25, 0.3) is 0 Å². The van der Waals surface area contributed by atoms with E-state index in [1.54, 1.807) is 13.0 Å². The van der Waals surface area contributed by atoms with Crippen LogP contribution in [0.15, 0.2) is 18.2 Å². The number of carbonyl (C=O) groups is 4. The van der Waals surface area contributed by atoms with Crippen LogP contribution in [0.5, 0.6) is 5.75 Å². The van der Waals surface area contributed by atoms with E-state index in [0.717, 1.165) is 32.1 Å². The van der Waals surface area contributed by atoms with Crippen molar-refractivity contribution in [3.05, 3.63) is 29.3 Å². The number of nitrogens with two attached hydrogens (primary N) is 1. The summed E-state index contributed by atoms with van der Waals surface area (Å²) in [6, 6.07) is 4.93. The van der Waals surface area contributed by atoms with Gasteiger partial charge in [0.05, 0.1) is 17.6 Å². The zero-order valence-electron chi connectivity index (χ0n) is 26.7. The summed E-state index contributed by atoms with van der Waals surface area (Å²) in [6.07, 6.45) is 2.42. The first kappa shape index (κ1) is 34.2. The first-order chi connectivity index (χ1) is 21.1. The highest BCUT2D eigenvalue weighted by molar-refractivity contribution is 9.09. The van der Waals surface area contributed by atoms with Gasteiger partial charge in [-0.2, -0.15) is 0 Å². The number of amides is 1. The molecule has 248 valence electrons. The number of hydrogen-bond acceptors (Lipinski definition) is 8. The Bertz CT molecular complexity index is 1380. The van der Waals surface area contributed by atoms with Gasteiger partial charge in [0, 0.05) is 23.6 Å². The Morgan fingerprint density at radius 2 is 1.73 bits per heavy atom. The predicted molar refractivity (Wildman–Crippen MR) is 171 cm³/mol.